The van der Waals surface area contributed by atoms with E-state index in [1.54, 1.807) is 30.3 Å². The number of hydrogen-bond acceptors (Lipinski definition) is 4. The summed E-state index contributed by atoms with van der Waals surface area (Å²) in [7, 11) is 0. The lowest BCUT2D eigenvalue weighted by Gasteiger charge is -2.30. The maximum atomic E-state index is 12.6. The third-order valence-corrected chi connectivity index (χ3v) is 5.93. The zero-order chi connectivity index (χ0) is 22.2. The van der Waals surface area contributed by atoms with E-state index in [2.05, 4.69) is 4.90 Å². The molecule has 1 aliphatic rings. The first-order chi connectivity index (χ1) is 14.7. The summed E-state index contributed by atoms with van der Waals surface area (Å²) in [5.41, 5.74) is -0.607. The molecule has 3 aromatic rings. The van der Waals surface area contributed by atoms with Gasteiger partial charge < -0.3 is 5.11 Å². The Labute approximate surface area is 181 Å². The molecule has 2 aromatic carbocycles. The number of likely N-dealkylation sites (N-methyl/N-ethyl adjacent to an activating group) is 1. The van der Waals surface area contributed by atoms with Crippen LogP contribution in [0.4, 0.5) is 13.2 Å². The number of carbonyl (C=O) groups is 1. The van der Waals surface area contributed by atoms with Crippen LogP contribution in [0.1, 0.15) is 34.1 Å². The molecule has 0 aliphatic carbocycles. The van der Waals surface area contributed by atoms with Gasteiger partial charge in [-0.3, -0.25) is 4.90 Å². The fourth-order valence-corrected chi connectivity index (χ4v) is 4.35. The highest BCUT2D eigenvalue weighted by molar-refractivity contribution is 8.00. The quantitative estimate of drug-likeness (QED) is 0.506. The van der Waals surface area contributed by atoms with Crippen LogP contribution in [0.25, 0.3) is 22.6 Å². The minimum atomic E-state index is -4.33. The number of pyridine rings is 1. The van der Waals surface area contributed by atoms with Crippen LogP contribution >= 0.6 is 11.8 Å². The van der Waals surface area contributed by atoms with Crippen LogP contribution in [0.5, 0.6) is 0 Å². The fourth-order valence-electron chi connectivity index (χ4n) is 3.82. The second-order valence-corrected chi connectivity index (χ2v) is 8.36. The van der Waals surface area contributed by atoms with Crippen LogP contribution in [-0.4, -0.2) is 39.6 Å². The largest absolute Gasteiger partial charge is 0.478 e. The number of fused-ring (bicyclic) bond motifs is 2. The van der Waals surface area contributed by atoms with Gasteiger partial charge in [0, 0.05) is 28.9 Å². The van der Waals surface area contributed by atoms with Crippen molar-refractivity contribution in [2.24, 2.45) is 0 Å². The van der Waals surface area contributed by atoms with Gasteiger partial charge in [0.25, 0.3) is 0 Å². The average molecular weight is 444 g/mol. The van der Waals surface area contributed by atoms with Crippen LogP contribution in [0.2, 0.25) is 0 Å². The van der Waals surface area contributed by atoms with Gasteiger partial charge >= 0.3 is 11.5 Å². The minimum absolute atomic E-state index is 0.117. The summed E-state index contributed by atoms with van der Waals surface area (Å²) >= 11 is -0.152. The second-order valence-electron chi connectivity index (χ2n) is 7.23. The lowest BCUT2D eigenvalue weighted by atomic mass is 9.92. The number of hydrogen-bond donors (Lipinski definition) is 1. The van der Waals surface area contributed by atoms with E-state index in [1.165, 1.54) is 12.1 Å². The Morgan fingerprint density at radius 1 is 1.16 bits per heavy atom. The van der Waals surface area contributed by atoms with Gasteiger partial charge in [-0.25, -0.2) is 9.78 Å². The molecule has 8 heteroatoms. The molecule has 4 nitrogen and oxygen atoms in total. The fraction of sp³-hybridized carbons (Fsp3) is 0.217. The van der Waals surface area contributed by atoms with Crippen LogP contribution in [0.15, 0.2) is 53.4 Å². The lowest BCUT2D eigenvalue weighted by Crippen LogP contribution is -2.31. The molecule has 1 aliphatic heterocycles. The molecule has 0 radical (unpaired) electrons. The molecule has 0 atom stereocenters. The van der Waals surface area contributed by atoms with Gasteiger partial charge in [0.1, 0.15) is 0 Å². The topological polar surface area (TPSA) is 53.4 Å². The number of nitrogens with zero attached hydrogens (tertiary/aromatic N) is 2. The summed E-state index contributed by atoms with van der Waals surface area (Å²) in [5, 5.41) is 10.5. The van der Waals surface area contributed by atoms with Crippen LogP contribution in [0, 0.1) is 0 Å². The van der Waals surface area contributed by atoms with Crippen molar-refractivity contribution in [3.05, 3.63) is 70.9 Å². The highest BCUT2D eigenvalue weighted by Gasteiger charge is 2.29. The van der Waals surface area contributed by atoms with Crippen LogP contribution < -0.4 is 0 Å². The van der Waals surface area contributed by atoms with Gasteiger partial charge in [0.05, 0.1) is 16.8 Å². The third kappa shape index (κ3) is 4.60. The first kappa shape index (κ1) is 21.4. The second kappa shape index (κ2) is 8.36. The van der Waals surface area contributed by atoms with Crippen LogP contribution in [-0.2, 0) is 6.54 Å². The van der Waals surface area contributed by atoms with E-state index in [-0.39, 0.29) is 22.2 Å². The van der Waals surface area contributed by atoms with Crippen molar-refractivity contribution >= 4 is 40.3 Å². The standard InChI is InChI=1S/C23H19F3N2O2S/c1-2-28-12-15(11-14-7-9-16(10-8-14)31-23(24,25)26)21-18(13-28)20(22(29)30)17-5-3-4-6-19(17)27-21/h3-11H,2,12-13H2,1H3,(H,29,30)/b15-11+. The van der Waals surface area contributed by atoms with Crippen LogP contribution in [0.3, 0.4) is 0 Å². The molecular weight excluding hydrogens is 425 g/mol. The molecular formula is C23H19F3N2O2S. The Hall–Kier alpha value is -2.84. The van der Waals surface area contributed by atoms with Gasteiger partial charge in [-0.2, -0.15) is 13.2 Å². The van der Waals surface area contributed by atoms with E-state index >= 15 is 0 Å². The van der Waals surface area contributed by atoms with Crippen molar-refractivity contribution < 1.29 is 23.1 Å². The number of halogens is 3. The van der Waals surface area contributed by atoms with Crippen molar-refractivity contribution in [3.8, 4) is 0 Å². The number of para-hydroxylation sites is 1. The molecule has 160 valence electrons. The molecule has 1 aromatic heterocycles. The van der Waals surface area contributed by atoms with Crippen molar-refractivity contribution in [3.63, 3.8) is 0 Å². The van der Waals surface area contributed by atoms with Crippen molar-refractivity contribution in [1.82, 2.24) is 9.88 Å². The summed E-state index contributed by atoms with van der Waals surface area (Å²) in [6.45, 7) is 3.78. The number of aromatic carboxylic acids is 1. The summed E-state index contributed by atoms with van der Waals surface area (Å²) in [4.78, 5) is 19.1. The maximum Gasteiger partial charge on any atom is 0.446 e. The van der Waals surface area contributed by atoms with Gasteiger partial charge in [-0.1, -0.05) is 37.3 Å². The molecule has 0 saturated carbocycles. The highest BCUT2D eigenvalue weighted by atomic mass is 32.2. The molecule has 0 fully saturated rings. The molecule has 1 N–H and O–H groups in total. The Morgan fingerprint density at radius 3 is 2.52 bits per heavy atom. The lowest BCUT2D eigenvalue weighted by molar-refractivity contribution is -0.0328. The zero-order valence-corrected chi connectivity index (χ0v) is 17.4. The Morgan fingerprint density at radius 2 is 1.87 bits per heavy atom. The van der Waals surface area contributed by atoms with E-state index in [4.69, 9.17) is 4.98 Å². The van der Waals surface area contributed by atoms with E-state index in [0.29, 0.717) is 35.2 Å². The highest BCUT2D eigenvalue weighted by Crippen LogP contribution is 2.37. The zero-order valence-electron chi connectivity index (χ0n) is 16.6. The van der Waals surface area contributed by atoms with E-state index in [1.807, 2.05) is 19.1 Å². The average Bonchev–Trinajstić information content (AvgIpc) is 2.72. The first-order valence-electron chi connectivity index (χ1n) is 9.69. The van der Waals surface area contributed by atoms with Crippen molar-refractivity contribution in [1.29, 1.82) is 0 Å². The summed E-state index contributed by atoms with van der Waals surface area (Å²) < 4.78 is 37.7. The molecule has 31 heavy (non-hydrogen) atoms. The normalized spacial score (nSPS) is 15.9. The number of benzene rings is 2. The van der Waals surface area contributed by atoms with Gasteiger partial charge in [-0.05, 0) is 53.7 Å². The molecule has 0 spiro atoms. The monoisotopic (exact) mass is 444 g/mol. The minimum Gasteiger partial charge on any atom is -0.478 e. The summed E-state index contributed by atoms with van der Waals surface area (Å²) in [6, 6.07) is 13.3. The number of rotatable bonds is 4. The molecule has 2 heterocycles. The molecule has 0 unspecified atom stereocenters. The summed E-state index contributed by atoms with van der Waals surface area (Å²) in [5.74, 6) is -0.999. The van der Waals surface area contributed by atoms with E-state index in [0.717, 1.165) is 17.7 Å². The predicted molar refractivity (Wildman–Crippen MR) is 116 cm³/mol. The Bertz CT molecular complexity index is 1170. The molecule has 0 saturated heterocycles. The molecule has 4 rings (SSSR count). The Balaban J connectivity index is 1.82. The number of carboxylic acid groups (broad SMARTS) is 1. The van der Waals surface area contributed by atoms with Gasteiger partial charge in [0.15, 0.2) is 0 Å². The molecule has 0 amide bonds. The SMILES string of the molecule is CCN1C/C(=C\c2ccc(SC(F)(F)F)cc2)c2nc3ccccc3c(C(=O)O)c2C1. The van der Waals surface area contributed by atoms with E-state index in [9.17, 15) is 23.1 Å². The van der Waals surface area contributed by atoms with Crippen molar-refractivity contribution in [2.45, 2.75) is 23.9 Å². The Kier molecular flexibility index (Phi) is 5.77. The first-order valence-corrected chi connectivity index (χ1v) is 10.5. The number of alkyl halides is 3. The van der Waals surface area contributed by atoms with Gasteiger partial charge in [-0.15, -0.1) is 0 Å². The van der Waals surface area contributed by atoms with Crippen molar-refractivity contribution in [2.75, 3.05) is 13.1 Å². The smallest absolute Gasteiger partial charge is 0.446 e. The maximum absolute atomic E-state index is 12.6. The predicted octanol–water partition coefficient (Wildman–Crippen LogP) is 5.92. The number of aromatic nitrogens is 1. The molecule has 0 bridgehead atoms. The number of thioether (sulfide) groups is 1. The third-order valence-electron chi connectivity index (χ3n) is 5.19. The van der Waals surface area contributed by atoms with Gasteiger partial charge in [0.2, 0.25) is 0 Å². The van der Waals surface area contributed by atoms with E-state index < -0.39 is 11.5 Å². The summed E-state index contributed by atoms with van der Waals surface area (Å²) in [6.07, 6.45) is 1.87. The number of carboxylic acids is 1.